The average Bonchev–Trinajstić information content (AvgIpc) is 2.18. The summed E-state index contributed by atoms with van der Waals surface area (Å²) in [6, 6.07) is 5.11. The highest BCUT2D eigenvalue weighted by molar-refractivity contribution is 5.87. The van der Waals surface area contributed by atoms with Crippen LogP contribution in [-0.4, -0.2) is 17.6 Å². The highest BCUT2D eigenvalue weighted by Gasteiger charge is 2.07. The number of esters is 1. The van der Waals surface area contributed by atoms with Crippen LogP contribution in [0.4, 0.5) is 0 Å². The maximum atomic E-state index is 11.2. The van der Waals surface area contributed by atoms with Crippen LogP contribution >= 0.6 is 12.4 Å². The number of aromatic nitrogens is 1. The van der Waals surface area contributed by atoms with Crippen molar-refractivity contribution in [1.29, 1.82) is 0 Å². The van der Waals surface area contributed by atoms with Crippen molar-refractivity contribution < 1.29 is 9.53 Å². The topological polar surface area (TPSA) is 65.2 Å². The Bertz CT molecular complexity index is 305. The molecule has 1 aromatic heterocycles. The van der Waals surface area contributed by atoms with E-state index in [0.717, 1.165) is 0 Å². The second-order valence-electron chi connectivity index (χ2n) is 2.44. The van der Waals surface area contributed by atoms with E-state index < -0.39 is 5.97 Å². The van der Waals surface area contributed by atoms with E-state index in [-0.39, 0.29) is 12.4 Å². The number of halogens is 1. The van der Waals surface area contributed by atoms with Crippen LogP contribution in [-0.2, 0) is 11.3 Å². The van der Waals surface area contributed by atoms with Gasteiger partial charge in [-0.2, -0.15) is 0 Å². The summed E-state index contributed by atoms with van der Waals surface area (Å²) in [6.07, 6.45) is 0. The molecule has 0 spiro atoms. The number of ether oxygens (including phenoxy) is 1. The van der Waals surface area contributed by atoms with E-state index in [1.807, 2.05) is 0 Å². The van der Waals surface area contributed by atoms with Gasteiger partial charge in [0.1, 0.15) is 5.69 Å². The zero-order valence-corrected chi connectivity index (χ0v) is 8.71. The van der Waals surface area contributed by atoms with Crippen molar-refractivity contribution in [2.24, 2.45) is 5.73 Å². The molecule has 78 valence electrons. The molecule has 5 heteroatoms. The van der Waals surface area contributed by atoms with Crippen molar-refractivity contribution in [3.05, 3.63) is 29.6 Å². The van der Waals surface area contributed by atoms with Crippen molar-refractivity contribution >= 4 is 18.4 Å². The molecule has 1 aromatic rings. The van der Waals surface area contributed by atoms with Gasteiger partial charge in [0.15, 0.2) is 0 Å². The summed E-state index contributed by atoms with van der Waals surface area (Å²) < 4.78 is 4.79. The van der Waals surface area contributed by atoms with Gasteiger partial charge >= 0.3 is 5.97 Å². The number of hydrogen-bond acceptors (Lipinski definition) is 4. The molecule has 0 aliphatic rings. The lowest BCUT2D eigenvalue weighted by Crippen LogP contribution is -2.09. The Balaban J connectivity index is 0.00000169. The first-order chi connectivity index (χ1) is 6.27. The minimum absolute atomic E-state index is 0. The summed E-state index contributed by atoms with van der Waals surface area (Å²) in [6.45, 7) is 2.44. The first-order valence-corrected chi connectivity index (χ1v) is 4.11. The van der Waals surface area contributed by atoms with Gasteiger partial charge in [0.25, 0.3) is 0 Å². The minimum Gasteiger partial charge on any atom is -0.461 e. The lowest BCUT2D eigenvalue weighted by molar-refractivity contribution is 0.0519. The fourth-order valence-corrected chi connectivity index (χ4v) is 0.912. The molecule has 1 rings (SSSR count). The largest absolute Gasteiger partial charge is 0.461 e. The van der Waals surface area contributed by atoms with Crippen LogP contribution in [0, 0.1) is 0 Å². The molecule has 2 N–H and O–H groups in total. The quantitative estimate of drug-likeness (QED) is 0.770. The number of carbonyl (C=O) groups is 1. The van der Waals surface area contributed by atoms with Crippen molar-refractivity contribution in [3.8, 4) is 0 Å². The molecule has 0 amide bonds. The van der Waals surface area contributed by atoms with Gasteiger partial charge in [0.05, 0.1) is 12.3 Å². The maximum absolute atomic E-state index is 11.2. The van der Waals surface area contributed by atoms with Crippen LogP contribution < -0.4 is 5.73 Å². The Hall–Kier alpha value is -1.13. The SMILES string of the molecule is CCOC(=O)c1cccc(CN)n1.Cl. The van der Waals surface area contributed by atoms with Gasteiger partial charge in [0.2, 0.25) is 0 Å². The summed E-state index contributed by atoms with van der Waals surface area (Å²) in [4.78, 5) is 15.2. The summed E-state index contributed by atoms with van der Waals surface area (Å²) in [5.41, 5.74) is 6.37. The Labute approximate surface area is 88.9 Å². The van der Waals surface area contributed by atoms with Crippen molar-refractivity contribution in [3.63, 3.8) is 0 Å². The third kappa shape index (κ3) is 3.32. The molecule has 0 aliphatic carbocycles. The van der Waals surface area contributed by atoms with E-state index >= 15 is 0 Å². The molecule has 0 radical (unpaired) electrons. The summed E-state index contributed by atoms with van der Waals surface area (Å²) in [7, 11) is 0. The number of nitrogens with two attached hydrogens (primary N) is 1. The first kappa shape index (κ1) is 12.9. The standard InChI is InChI=1S/C9H12N2O2.ClH/c1-2-13-9(12)8-5-3-4-7(6-10)11-8;/h3-5H,2,6,10H2,1H3;1H. The molecule has 0 fully saturated rings. The molecule has 1 heterocycles. The minimum atomic E-state index is -0.405. The smallest absolute Gasteiger partial charge is 0.356 e. The van der Waals surface area contributed by atoms with Crippen LogP contribution in [0.2, 0.25) is 0 Å². The molecule has 0 saturated heterocycles. The Morgan fingerprint density at radius 2 is 2.29 bits per heavy atom. The highest BCUT2D eigenvalue weighted by Crippen LogP contribution is 2.00. The molecule has 0 atom stereocenters. The molecule has 0 aromatic carbocycles. The summed E-state index contributed by atoms with van der Waals surface area (Å²) in [5, 5.41) is 0. The van der Waals surface area contributed by atoms with Crippen molar-refractivity contribution in [2.45, 2.75) is 13.5 Å². The molecule has 0 bridgehead atoms. The van der Waals surface area contributed by atoms with Gasteiger partial charge in [0, 0.05) is 6.54 Å². The van der Waals surface area contributed by atoms with Crippen LogP contribution in [0.5, 0.6) is 0 Å². The van der Waals surface area contributed by atoms with Gasteiger partial charge in [-0.25, -0.2) is 9.78 Å². The second-order valence-corrected chi connectivity index (χ2v) is 2.44. The number of hydrogen-bond donors (Lipinski definition) is 1. The fraction of sp³-hybridized carbons (Fsp3) is 0.333. The van der Waals surface area contributed by atoms with Crippen LogP contribution in [0.3, 0.4) is 0 Å². The van der Waals surface area contributed by atoms with E-state index in [1.165, 1.54) is 0 Å². The predicted octanol–water partition coefficient (Wildman–Crippen LogP) is 1.14. The molecule has 0 saturated carbocycles. The predicted molar refractivity (Wildman–Crippen MR) is 55.3 cm³/mol. The maximum Gasteiger partial charge on any atom is 0.356 e. The fourth-order valence-electron chi connectivity index (χ4n) is 0.912. The molecule has 0 unspecified atom stereocenters. The Morgan fingerprint density at radius 3 is 2.86 bits per heavy atom. The molecular formula is C9H13ClN2O2. The average molecular weight is 217 g/mol. The number of rotatable bonds is 3. The highest BCUT2D eigenvalue weighted by atomic mass is 35.5. The zero-order chi connectivity index (χ0) is 9.68. The van der Waals surface area contributed by atoms with E-state index in [1.54, 1.807) is 25.1 Å². The van der Waals surface area contributed by atoms with Crippen molar-refractivity contribution in [2.75, 3.05) is 6.61 Å². The van der Waals surface area contributed by atoms with E-state index in [9.17, 15) is 4.79 Å². The van der Waals surface area contributed by atoms with Crippen LogP contribution in [0.15, 0.2) is 18.2 Å². The van der Waals surface area contributed by atoms with Gasteiger partial charge < -0.3 is 10.5 Å². The third-order valence-corrected chi connectivity index (χ3v) is 1.50. The number of nitrogens with zero attached hydrogens (tertiary/aromatic N) is 1. The van der Waals surface area contributed by atoms with E-state index in [0.29, 0.717) is 24.5 Å². The monoisotopic (exact) mass is 216 g/mol. The Kier molecular flexibility index (Phi) is 5.83. The van der Waals surface area contributed by atoms with Gasteiger partial charge in [-0.3, -0.25) is 0 Å². The molecule has 0 aliphatic heterocycles. The first-order valence-electron chi connectivity index (χ1n) is 4.11. The normalized spacial score (nSPS) is 9.00. The molecule has 4 nitrogen and oxygen atoms in total. The van der Waals surface area contributed by atoms with E-state index in [2.05, 4.69) is 4.98 Å². The van der Waals surface area contributed by atoms with Gasteiger partial charge in [-0.1, -0.05) is 6.07 Å². The van der Waals surface area contributed by atoms with Crippen LogP contribution in [0.25, 0.3) is 0 Å². The number of pyridine rings is 1. The van der Waals surface area contributed by atoms with Crippen LogP contribution in [0.1, 0.15) is 23.1 Å². The lowest BCUT2D eigenvalue weighted by Gasteiger charge is -2.01. The van der Waals surface area contributed by atoms with E-state index in [4.69, 9.17) is 10.5 Å². The zero-order valence-electron chi connectivity index (χ0n) is 7.90. The number of carbonyl (C=O) groups excluding carboxylic acids is 1. The molecular weight excluding hydrogens is 204 g/mol. The van der Waals surface area contributed by atoms with Crippen molar-refractivity contribution in [1.82, 2.24) is 4.98 Å². The second kappa shape index (κ2) is 6.34. The Morgan fingerprint density at radius 1 is 1.57 bits per heavy atom. The summed E-state index contributed by atoms with van der Waals surface area (Å²) >= 11 is 0. The van der Waals surface area contributed by atoms with Gasteiger partial charge in [-0.15, -0.1) is 12.4 Å². The van der Waals surface area contributed by atoms with Gasteiger partial charge in [-0.05, 0) is 19.1 Å². The summed E-state index contributed by atoms with van der Waals surface area (Å²) in [5.74, 6) is -0.405. The lowest BCUT2D eigenvalue weighted by atomic mass is 10.3. The third-order valence-electron chi connectivity index (χ3n) is 1.50. The molecule has 14 heavy (non-hydrogen) atoms.